The van der Waals surface area contributed by atoms with Gasteiger partial charge in [0.1, 0.15) is 5.76 Å². The fourth-order valence-corrected chi connectivity index (χ4v) is 4.40. The molecule has 30 heavy (non-hydrogen) atoms. The van der Waals surface area contributed by atoms with Gasteiger partial charge in [0.05, 0.1) is 5.71 Å². The number of nitrogens with zero attached hydrogens (tertiary/aromatic N) is 2. The molecule has 2 aliphatic rings. The summed E-state index contributed by atoms with van der Waals surface area (Å²) in [7, 11) is 0. The third-order valence-corrected chi connectivity index (χ3v) is 6.19. The fourth-order valence-electron chi connectivity index (χ4n) is 4.40. The number of fused-ring (bicyclic) bond motifs is 1. The van der Waals surface area contributed by atoms with Crippen LogP contribution in [0, 0.1) is 13.8 Å². The first-order valence-electron chi connectivity index (χ1n) is 10.8. The van der Waals surface area contributed by atoms with Crippen LogP contribution in [-0.2, 0) is 6.42 Å². The Morgan fingerprint density at radius 2 is 1.87 bits per heavy atom. The van der Waals surface area contributed by atoms with Gasteiger partial charge >= 0.3 is 0 Å². The van der Waals surface area contributed by atoms with E-state index in [9.17, 15) is 9.59 Å². The van der Waals surface area contributed by atoms with E-state index in [1.807, 2.05) is 30.9 Å². The molecule has 0 bridgehead atoms. The average Bonchev–Trinajstić information content (AvgIpc) is 3.09. The lowest BCUT2D eigenvalue weighted by molar-refractivity contribution is 0.0600. The Bertz CT molecular complexity index is 988. The van der Waals surface area contributed by atoms with Gasteiger partial charge in [-0.05, 0) is 65.0 Å². The molecule has 4 rings (SSSR count). The molecule has 1 aliphatic carbocycles. The van der Waals surface area contributed by atoms with Crippen molar-refractivity contribution in [1.82, 2.24) is 10.3 Å². The Morgan fingerprint density at radius 3 is 2.60 bits per heavy atom. The van der Waals surface area contributed by atoms with E-state index < -0.39 is 0 Å². The van der Waals surface area contributed by atoms with Crippen LogP contribution in [0.15, 0.2) is 33.8 Å². The molecular weight excluding hydrogens is 378 g/mol. The maximum absolute atomic E-state index is 13.2. The Morgan fingerprint density at radius 1 is 1.10 bits per heavy atom. The van der Waals surface area contributed by atoms with Crippen LogP contribution >= 0.6 is 0 Å². The Labute approximate surface area is 177 Å². The molecule has 158 valence electrons. The fraction of sp³-hybridized carbons (Fsp3) is 0.458. The number of likely N-dealkylation sites (tertiary alicyclic amines) is 1. The summed E-state index contributed by atoms with van der Waals surface area (Å²) in [5, 5.41) is 4.42. The average molecular weight is 408 g/mol. The largest absolute Gasteiger partial charge is 0.455 e. The minimum absolute atomic E-state index is 0.0304. The van der Waals surface area contributed by atoms with E-state index in [2.05, 4.69) is 17.5 Å². The quantitative estimate of drug-likeness (QED) is 0.767. The van der Waals surface area contributed by atoms with Crippen molar-refractivity contribution in [1.29, 1.82) is 0 Å². The summed E-state index contributed by atoms with van der Waals surface area (Å²) in [4.78, 5) is 27.5. The second-order valence-electron chi connectivity index (χ2n) is 8.42. The molecule has 1 fully saturated rings. The summed E-state index contributed by atoms with van der Waals surface area (Å²) in [5.74, 6) is 0.953. The van der Waals surface area contributed by atoms with Crippen molar-refractivity contribution in [2.24, 2.45) is 5.10 Å². The van der Waals surface area contributed by atoms with Gasteiger partial charge in [-0.25, -0.2) is 5.43 Å². The van der Waals surface area contributed by atoms with E-state index >= 15 is 0 Å². The number of hydrazone groups is 1. The van der Waals surface area contributed by atoms with Gasteiger partial charge in [0.2, 0.25) is 0 Å². The number of nitrogens with one attached hydrogen (secondary N) is 1. The van der Waals surface area contributed by atoms with Gasteiger partial charge in [0.15, 0.2) is 5.76 Å². The summed E-state index contributed by atoms with van der Waals surface area (Å²) in [6.07, 6.45) is 5.64. The molecule has 1 saturated heterocycles. The number of rotatable bonds is 3. The highest BCUT2D eigenvalue weighted by atomic mass is 16.4. The first-order chi connectivity index (χ1) is 14.5. The van der Waals surface area contributed by atoms with E-state index in [-0.39, 0.29) is 17.9 Å². The van der Waals surface area contributed by atoms with Crippen LogP contribution in [0.25, 0.3) is 0 Å². The highest BCUT2D eigenvalue weighted by Crippen LogP contribution is 2.31. The van der Waals surface area contributed by atoms with E-state index in [1.54, 1.807) is 12.1 Å². The van der Waals surface area contributed by atoms with Crippen molar-refractivity contribution in [2.45, 2.75) is 65.3 Å². The minimum atomic E-state index is -0.241. The smallest absolute Gasteiger partial charge is 0.290 e. The third-order valence-electron chi connectivity index (χ3n) is 6.19. The topological polar surface area (TPSA) is 74.9 Å². The summed E-state index contributed by atoms with van der Waals surface area (Å²) in [6.45, 7) is 6.78. The molecular formula is C24H29N3O3. The first kappa shape index (κ1) is 20.4. The highest BCUT2D eigenvalue weighted by molar-refractivity contribution is 6.07. The number of amides is 2. The third kappa shape index (κ3) is 3.91. The molecule has 1 atom stereocenters. The Balaban J connectivity index is 1.58. The van der Waals surface area contributed by atoms with Crippen molar-refractivity contribution in [3.8, 4) is 0 Å². The highest BCUT2D eigenvalue weighted by Gasteiger charge is 2.32. The van der Waals surface area contributed by atoms with Crippen molar-refractivity contribution in [2.75, 3.05) is 6.54 Å². The van der Waals surface area contributed by atoms with Crippen molar-refractivity contribution < 1.29 is 14.0 Å². The van der Waals surface area contributed by atoms with Crippen LogP contribution in [-0.4, -0.2) is 35.0 Å². The number of furan rings is 1. The van der Waals surface area contributed by atoms with Gasteiger partial charge in [-0.15, -0.1) is 0 Å². The molecule has 1 aliphatic heterocycles. The molecule has 2 heterocycles. The molecule has 2 aromatic rings. The van der Waals surface area contributed by atoms with Crippen LogP contribution in [0.4, 0.5) is 0 Å². The van der Waals surface area contributed by atoms with Crippen LogP contribution in [0.2, 0.25) is 0 Å². The maximum Gasteiger partial charge on any atom is 0.290 e. The number of benzene rings is 1. The van der Waals surface area contributed by atoms with Gasteiger partial charge in [-0.3, -0.25) is 9.59 Å². The normalized spacial score (nSPS) is 20.2. The van der Waals surface area contributed by atoms with Crippen molar-refractivity contribution in [3.05, 3.63) is 58.0 Å². The standard InChI is InChI=1S/C24H29N3O3/c1-15-10-12-18(13-11-15)23(28)26-25-19-8-6-9-20-21(19)17(3)22(30-20)24(29)27-14-5-4-7-16(27)2/h10-13,16H,4-9,14H2,1-3H3,(H,26,28)/b25-19+. The first-order valence-corrected chi connectivity index (χ1v) is 10.8. The molecule has 1 aromatic heterocycles. The number of hydrogen-bond donors (Lipinski definition) is 1. The minimum Gasteiger partial charge on any atom is -0.455 e. The van der Waals surface area contributed by atoms with Crippen LogP contribution < -0.4 is 5.43 Å². The van der Waals surface area contributed by atoms with Crippen LogP contribution in [0.5, 0.6) is 0 Å². The zero-order valence-electron chi connectivity index (χ0n) is 18.0. The van der Waals surface area contributed by atoms with Crippen molar-refractivity contribution >= 4 is 17.5 Å². The van der Waals surface area contributed by atoms with Gasteiger partial charge in [0.25, 0.3) is 11.8 Å². The summed E-state index contributed by atoms with van der Waals surface area (Å²) in [5.41, 5.74) is 6.85. The van der Waals surface area contributed by atoms with Crippen LogP contribution in [0.3, 0.4) is 0 Å². The van der Waals surface area contributed by atoms with Gasteiger partial charge in [0, 0.05) is 35.7 Å². The Kier molecular flexibility index (Phi) is 5.75. The lowest BCUT2D eigenvalue weighted by atomic mass is 9.93. The maximum atomic E-state index is 13.2. The lowest BCUT2D eigenvalue weighted by Crippen LogP contribution is -2.42. The molecule has 0 saturated carbocycles. The van der Waals surface area contributed by atoms with E-state index in [0.717, 1.165) is 73.2 Å². The second-order valence-corrected chi connectivity index (χ2v) is 8.42. The lowest BCUT2D eigenvalue weighted by Gasteiger charge is -2.32. The summed E-state index contributed by atoms with van der Waals surface area (Å²) < 4.78 is 6.05. The van der Waals surface area contributed by atoms with Gasteiger partial charge < -0.3 is 9.32 Å². The number of piperidine rings is 1. The van der Waals surface area contributed by atoms with Crippen LogP contribution in [0.1, 0.15) is 82.4 Å². The number of carbonyl (C=O) groups excluding carboxylic acids is 2. The SMILES string of the molecule is Cc1ccc(C(=O)N/N=C2\CCCc3oc(C(=O)N4CCCCC4C)c(C)c32)cc1. The number of aryl methyl sites for hydroxylation is 2. The predicted molar refractivity (Wildman–Crippen MR) is 116 cm³/mol. The summed E-state index contributed by atoms with van der Waals surface area (Å²) in [6, 6.07) is 7.61. The zero-order valence-corrected chi connectivity index (χ0v) is 18.0. The second kappa shape index (κ2) is 8.46. The molecule has 1 unspecified atom stereocenters. The van der Waals surface area contributed by atoms with Gasteiger partial charge in [-0.1, -0.05) is 17.7 Å². The molecule has 0 spiro atoms. The molecule has 6 nitrogen and oxygen atoms in total. The van der Waals surface area contributed by atoms with E-state index in [0.29, 0.717) is 11.3 Å². The van der Waals surface area contributed by atoms with E-state index in [1.165, 1.54) is 0 Å². The summed E-state index contributed by atoms with van der Waals surface area (Å²) >= 11 is 0. The molecule has 1 N–H and O–H groups in total. The molecule has 1 aromatic carbocycles. The Hall–Kier alpha value is -2.89. The zero-order chi connectivity index (χ0) is 21.3. The van der Waals surface area contributed by atoms with E-state index in [4.69, 9.17) is 4.42 Å². The molecule has 6 heteroatoms. The van der Waals surface area contributed by atoms with Crippen molar-refractivity contribution in [3.63, 3.8) is 0 Å². The number of hydrogen-bond acceptors (Lipinski definition) is 4. The predicted octanol–water partition coefficient (Wildman–Crippen LogP) is 4.38. The monoisotopic (exact) mass is 407 g/mol. The molecule has 2 amide bonds. The van der Waals surface area contributed by atoms with Gasteiger partial charge in [-0.2, -0.15) is 5.10 Å². The number of carbonyl (C=O) groups is 2. The molecule has 0 radical (unpaired) electrons.